The van der Waals surface area contributed by atoms with Gasteiger partial charge in [-0.3, -0.25) is 10.1 Å². The highest BCUT2D eigenvalue weighted by molar-refractivity contribution is 5.64. The highest BCUT2D eigenvalue weighted by Crippen LogP contribution is 2.29. The first-order valence-electron chi connectivity index (χ1n) is 6.61. The average Bonchev–Trinajstić information content (AvgIpc) is 2.88. The van der Waals surface area contributed by atoms with E-state index in [9.17, 15) is 10.1 Å². The van der Waals surface area contributed by atoms with Crippen LogP contribution in [0.3, 0.4) is 0 Å². The molecule has 1 atom stereocenters. The van der Waals surface area contributed by atoms with Crippen LogP contribution in [0.5, 0.6) is 0 Å². The van der Waals surface area contributed by atoms with Crippen LogP contribution in [-0.4, -0.2) is 11.5 Å². The van der Waals surface area contributed by atoms with Crippen molar-refractivity contribution in [2.24, 2.45) is 0 Å². The Balaban J connectivity index is 2.30. The first-order chi connectivity index (χ1) is 9.52. The predicted molar refractivity (Wildman–Crippen MR) is 77.6 cm³/mol. The van der Waals surface area contributed by atoms with Crippen molar-refractivity contribution in [1.82, 2.24) is 5.32 Å². The summed E-state index contributed by atoms with van der Waals surface area (Å²) in [7, 11) is 0. The molecular formula is C15H18N2O3. The molecule has 0 amide bonds. The fourth-order valence-electron chi connectivity index (χ4n) is 2.17. The number of nitro groups is 1. The summed E-state index contributed by atoms with van der Waals surface area (Å²) in [6.07, 6.45) is 0. The van der Waals surface area contributed by atoms with Gasteiger partial charge in [-0.15, -0.1) is 0 Å². The Hall–Kier alpha value is -2.14. The van der Waals surface area contributed by atoms with Crippen molar-refractivity contribution < 1.29 is 9.34 Å². The fraction of sp³-hybridized carbons (Fsp3) is 0.333. The van der Waals surface area contributed by atoms with Crippen LogP contribution in [-0.2, 0) is 0 Å². The van der Waals surface area contributed by atoms with Crippen molar-refractivity contribution >= 4 is 5.69 Å². The molecule has 20 heavy (non-hydrogen) atoms. The molecule has 0 bridgehead atoms. The molecule has 1 N–H and O–H groups in total. The monoisotopic (exact) mass is 274 g/mol. The van der Waals surface area contributed by atoms with Crippen LogP contribution in [0.1, 0.15) is 31.2 Å². The number of hydrogen-bond donors (Lipinski definition) is 1. The van der Waals surface area contributed by atoms with Gasteiger partial charge < -0.3 is 9.73 Å². The van der Waals surface area contributed by atoms with Crippen molar-refractivity contribution in [3.05, 3.63) is 51.8 Å². The van der Waals surface area contributed by atoms with Crippen LogP contribution >= 0.6 is 0 Å². The smallest absolute Gasteiger partial charge is 0.269 e. The van der Waals surface area contributed by atoms with E-state index in [1.54, 1.807) is 12.1 Å². The van der Waals surface area contributed by atoms with Crippen molar-refractivity contribution in [2.45, 2.75) is 26.8 Å². The summed E-state index contributed by atoms with van der Waals surface area (Å²) in [5.41, 5.74) is 1.81. The van der Waals surface area contributed by atoms with Gasteiger partial charge in [0.05, 0.1) is 11.0 Å². The SMILES string of the molecule is CCNC(C)c1ccc(-c2ccc([N+](=O)[O-])cc2C)o1. The average molecular weight is 274 g/mol. The van der Waals surface area contributed by atoms with Crippen LogP contribution in [0, 0.1) is 17.0 Å². The molecule has 0 radical (unpaired) electrons. The number of aryl methyl sites for hydroxylation is 1. The lowest BCUT2D eigenvalue weighted by molar-refractivity contribution is -0.384. The number of hydrogen-bond acceptors (Lipinski definition) is 4. The van der Waals surface area contributed by atoms with Gasteiger partial charge in [0, 0.05) is 17.7 Å². The normalized spacial score (nSPS) is 12.3. The summed E-state index contributed by atoms with van der Waals surface area (Å²) in [4.78, 5) is 10.3. The summed E-state index contributed by atoms with van der Waals surface area (Å²) in [5.74, 6) is 1.59. The Morgan fingerprint density at radius 1 is 1.35 bits per heavy atom. The van der Waals surface area contributed by atoms with Gasteiger partial charge in [-0.2, -0.15) is 0 Å². The molecule has 2 aromatic rings. The molecule has 0 aliphatic heterocycles. The number of nitro benzene ring substituents is 1. The van der Waals surface area contributed by atoms with E-state index in [1.807, 2.05) is 32.9 Å². The summed E-state index contributed by atoms with van der Waals surface area (Å²) in [6, 6.07) is 8.77. The van der Waals surface area contributed by atoms with E-state index in [4.69, 9.17) is 4.42 Å². The van der Waals surface area contributed by atoms with Gasteiger partial charge in [0.2, 0.25) is 0 Å². The second kappa shape index (κ2) is 5.88. The van der Waals surface area contributed by atoms with Crippen LogP contribution in [0.2, 0.25) is 0 Å². The first kappa shape index (κ1) is 14.3. The van der Waals surface area contributed by atoms with Crippen molar-refractivity contribution in [3.63, 3.8) is 0 Å². The Labute approximate surface area is 117 Å². The standard InChI is InChI=1S/C15H18N2O3/c1-4-16-11(3)14-7-8-15(20-14)13-6-5-12(17(18)19)9-10(13)2/h5-9,11,16H,4H2,1-3H3. The summed E-state index contributed by atoms with van der Waals surface area (Å²) in [5, 5.41) is 14.0. The second-order valence-electron chi connectivity index (χ2n) is 4.74. The molecule has 1 aromatic carbocycles. The highest BCUT2D eigenvalue weighted by atomic mass is 16.6. The Morgan fingerprint density at radius 2 is 2.10 bits per heavy atom. The van der Waals surface area contributed by atoms with Gasteiger partial charge in [0.1, 0.15) is 11.5 Å². The van der Waals surface area contributed by atoms with Gasteiger partial charge in [-0.25, -0.2) is 0 Å². The van der Waals surface area contributed by atoms with E-state index < -0.39 is 4.92 Å². The van der Waals surface area contributed by atoms with Gasteiger partial charge in [-0.05, 0) is 44.2 Å². The molecule has 2 rings (SSSR count). The third-order valence-electron chi connectivity index (χ3n) is 3.25. The quantitative estimate of drug-likeness (QED) is 0.664. The summed E-state index contributed by atoms with van der Waals surface area (Å²) >= 11 is 0. The minimum Gasteiger partial charge on any atom is -0.459 e. The number of nitrogens with zero attached hydrogens (tertiary/aromatic N) is 1. The molecule has 0 saturated carbocycles. The van der Waals surface area contributed by atoms with E-state index in [-0.39, 0.29) is 11.7 Å². The molecule has 106 valence electrons. The molecular weight excluding hydrogens is 256 g/mol. The maximum atomic E-state index is 10.7. The largest absolute Gasteiger partial charge is 0.459 e. The Morgan fingerprint density at radius 3 is 2.70 bits per heavy atom. The van der Waals surface area contributed by atoms with Crippen LogP contribution in [0.4, 0.5) is 5.69 Å². The lowest BCUT2D eigenvalue weighted by Crippen LogP contribution is -2.16. The van der Waals surface area contributed by atoms with Crippen molar-refractivity contribution in [2.75, 3.05) is 6.54 Å². The van der Waals surface area contributed by atoms with Gasteiger partial charge >= 0.3 is 0 Å². The van der Waals surface area contributed by atoms with Crippen LogP contribution in [0.15, 0.2) is 34.7 Å². The molecule has 5 nitrogen and oxygen atoms in total. The number of nitrogens with one attached hydrogen (secondary N) is 1. The molecule has 1 aromatic heterocycles. The van der Waals surface area contributed by atoms with E-state index >= 15 is 0 Å². The van der Waals surface area contributed by atoms with E-state index in [0.29, 0.717) is 0 Å². The zero-order chi connectivity index (χ0) is 14.7. The number of non-ortho nitro benzene ring substituents is 1. The lowest BCUT2D eigenvalue weighted by Gasteiger charge is -2.08. The molecule has 0 fully saturated rings. The minimum absolute atomic E-state index is 0.0963. The molecule has 0 aliphatic rings. The molecule has 5 heteroatoms. The third kappa shape index (κ3) is 2.88. The maximum absolute atomic E-state index is 10.7. The lowest BCUT2D eigenvalue weighted by atomic mass is 10.1. The molecule has 1 unspecified atom stereocenters. The summed E-state index contributed by atoms with van der Waals surface area (Å²) < 4.78 is 5.83. The van der Waals surface area contributed by atoms with E-state index in [2.05, 4.69) is 5.32 Å². The molecule has 0 aliphatic carbocycles. The van der Waals surface area contributed by atoms with Crippen LogP contribution in [0.25, 0.3) is 11.3 Å². The minimum atomic E-state index is -0.391. The molecule has 0 spiro atoms. The first-order valence-corrected chi connectivity index (χ1v) is 6.61. The Bertz CT molecular complexity index is 619. The van der Waals surface area contributed by atoms with E-state index in [0.717, 1.165) is 29.2 Å². The number of furan rings is 1. The van der Waals surface area contributed by atoms with Gasteiger partial charge in [0.25, 0.3) is 5.69 Å². The predicted octanol–water partition coefficient (Wildman–Crippen LogP) is 3.83. The highest BCUT2D eigenvalue weighted by Gasteiger charge is 2.14. The van der Waals surface area contributed by atoms with Crippen LogP contribution < -0.4 is 5.32 Å². The number of rotatable bonds is 5. The topological polar surface area (TPSA) is 68.3 Å². The zero-order valence-corrected chi connectivity index (χ0v) is 11.8. The number of benzene rings is 1. The Kier molecular flexibility index (Phi) is 4.20. The summed E-state index contributed by atoms with van der Waals surface area (Å²) in [6.45, 7) is 6.79. The third-order valence-corrected chi connectivity index (χ3v) is 3.25. The zero-order valence-electron chi connectivity index (χ0n) is 11.8. The van der Waals surface area contributed by atoms with Gasteiger partial charge in [-0.1, -0.05) is 6.92 Å². The fourth-order valence-corrected chi connectivity index (χ4v) is 2.17. The van der Waals surface area contributed by atoms with Crippen molar-refractivity contribution in [1.29, 1.82) is 0 Å². The molecule has 0 saturated heterocycles. The van der Waals surface area contributed by atoms with Gasteiger partial charge in [0.15, 0.2) is 0 Å². The molecule has 1 heterocycles. The van der Waals surface area contributed by atoms with E-state index in [1.165, 1.54) is 6.07 Å². The maximum Gasteiger partial charge on any atom is 0.269 e. The second-order valence-corrected chi connectivity index (χ2v) is 4.74. The van der Waals surface area contributed by atoms with Crippen molar-refractivity contribution in [3.8, 4) is 11.3 Å².